The second kappa shape index (κ2) is 7.99. The van der Waals surface area contributed by atoms with E-state index in [4.69, 9.17) is 0 Å². The van der Waals surface area contributed by atoms with Crippen LogP contribution < -0.4 is 11.2 Å². The number of pyridine rings is 1. The summed E-state index contributed by atoms with van der Waals surface area (Å²) in [5.74, 6) is 1.37. The molecule has 0 aliphatic carbocycles. The number of nitrogens with zero attached hydrogens (tertiary/aromatic N) is 4. The lowest BCUT2D eigenvalue weighted by Gasteiger charge is -2.38. The number of aromatic nitrogens is 4. The minimum Gasteiger partial charge on any atom is -0.300 e. The molecule has 1 aliphatic heterocycles. The number of aromatic amines is 1. The average Bonchev–Trinajstić information content (AvgIpc) is 3.07. The Bertz CT molecular complexity index is 1110. The fourth-order valence-corrected chi connectivity index (χ4v) is 4.51. The number of piperidine rings is 1. The monoisotopic (exact) mass is 395 g/mol. The molecule has 1 aliphatic rings. The molecule has 4 heterocycles. The molecule has 1 N–H and O–H groups in total. The molecule has 1 fully saturated rings. The van der Waals surface area contributed by atoms with E-state index in [0.29, 0.717) is 23.6 Å². The third-order valence-corrected chi connectivity index (χ3v) is 5.90. The number of rotatable bonds is 5. The van der Waals surface area contributed by atoms with Crippen LogP contribution in [0.1, 0.15) is 39.2 Å². The van der Waals surface area contributed by atoms with Gasteiger partial charge in [-0.1, -0.05) is 13.8 Å². The summed E-state index contributed by atoms with van der Waals surface area (Å²) in [4.78, 5) is 28.5. The lowest BCUT2D eigenvalue weighted by molar-refractivity contribution is 0.110. The fourth-order valence-electron chi connectivity index (χ4n) is 4.51. The quantitative estimate of drug-likeness (QED) is 0.720. The Kier molecular flexibility index (Phi) is 5.41. The Labute approximate surface area is 170 Å². The van der Waals surface area contributed by atoms with E-state index < -0.39 is 11.2 Å². The third-order valence-electron chi connectivity index (χ3n) is 5.90. The van der Waals surface area contributed by atoms with Gasteiger partial charge in [-0.25, -0.2) is 9.31 Å². The van der Waals surface area contributed by atoms with Gasteiger partial charge in [0.1, 0.15) is 0 Å². The van der Waals surface area contributed by atoms with E-state index in [0.717, 1.165) is 18.5 Å². The van der Waals surface area contributed by atoms with Crippen molar-refractivity contribution in [3.63, 3.8) is 0 Å². The zero-order valence-electron chi connectivity index (χ0n) is 17.3. The Morgan fingerprint density at radius 3 is 2.79 bits per heavy atom. The highest BCUT2D eigenvalue weighted by atomic mass is 16.2. The van der Waals surface area contributed by atoms with E-state index in [-0.39, 0.29) is 0 Å². The van der Waals surface area contributed by atoms with Gasteiger partial charge >= 0.3 is 5.69 Å². The van der Waals surface area contributed by atoms with Crippen molar-refractivity contribution in [1.29, 1.82) is 0 Å². The average molecular weight is 396 g/mol. The molecule has 1 saturated heterocycles. The van der Waals surface area contributed by atoms with Crippen molar-refractivity contribution >= 4 is 5.52 Å². The third kappa shape index (κ3) is 4.19. The van der Waals surface area contributed by atoms with Gasteiger partial charge in [-0.05, 0) is 62.3 Å². The van der Waals surface area contributed by atoms with Crippen molar-refractivity contribution in [2.24, 2.45) is 11.8 Å². The number of fused-ring (bicyclic) bond motifs is 1. The molecule has 0 spiro atoms. The summed E-state index contributed by atoms with van der Waals surface area (Å²) < 4.78 is 3.20. The fraction of sp³-hybridized carbons (Fsp3) is 0.500. The van der Waals surface area contributed by atoms with E-state index in [1.807, 2.05) is 6.20 Å². The lowest BCUT2D eigenvalue weighted by atomic mass is 9.86. The molecule has 3 aromatic heterocycles. The summed E-state index contributed by atoms with van der Waals surface area (Å²) in [5, 5.41) is 4.35. The molecule has 7 nitrogen and oxygen atoms in total. The van der Waals surface area contributed by atoms with Gasteiger partial charge in [0.15, 0.2) is 0 Å². The molecule has 3 aromatic rings. The van der Waals surface area contributed by atoms with Crippen molar-refractivity contribution in [3.05, 3.63) is 63.2 Å². The van der Waals surface area contributed by atoms with Gasteiger partial charge in [-0.2, -0.15) is 5.10 Å². The molecule has 0 amide bonds. The summed E-state index contributed by atoms with van der Waals surface area (Å²) in [7, 11) is 0. The SMILES string of the molecule is CC(C)CN1CC[C@H](Cc2ccn3ncc(-n4ccc(=O)[nH]c4=O)c3c2)C[C@H]1C. The van der Waals surface area contributed by atoms with Crippen molar-refractivity contribution < 1.29 is 0 Å². The van der Waals surface area contributed by atoms with Gasteiger partial charge in [-0.15, -0.1) is 0 Å². The minimum absolute atomic E-state index is 0.402. The molecule has 7 heteroatoms. The molecule has 0 bridgehead atoms. The van der Waals surface area contributed by atoms with E-state index in [1.54, 1.807) is 10.7 Å². The number of H-pyrrole nitrogens is 1. The first-order chi connectivity index (χ1) is 13.9. The van der Waals surface area contributed by atoms with Crippen LogP contribution >= 0.6 is 0 Å². The summed E-state index contributed by atoms with van der Waals surface area (Å²) in [5.41, 5.74) is 1.94. The van der Waals surface area contributed by atoms with E-state index in [2.05, 4.69) is 47.9 Å². The standard InChI is InChI=1S/C22H29N5O2/c1-15(2)14-25-7-4-17(10-16(25)3)11-18-5-9-27-19(12-18)20(13-23-27)26-8-6-21(28)24-22(26)29/h5-6,8-9,12-13,15-17H,4,7,10-11,14H2,1-3H3,(H,24,28,29)/t16-,17+/m1/s1. The Morgan fingerprint density at radius 2 is 2.07 bits per heavy atom. The van der Waals surface area contributed by atoms with Gasteiger partial charge in [0.2, 0.25) is 0 Å². The molecule has 4 rings (SSSR count). The highest BCUT2D eigenvalue weighted by molar-refractivity contribution is 5.64. The number of hydrogen-bond acceptors (Lipinski definition) is 4. The van der Waals surface area contributed by atoms with Crippen molar-refractivity contribution in [2.45, 2.75) is 46.1 Å². The maximum absolute atomic E-state index is 12.2. The molecular weight excluding hydrogens is 366 g/mol. The Balaban J connectivity index is 1.55. The van der Waals surface area contributed by atoms with Crippen LogP contribution in [0.15, 0.2) is 46.4 Å². The minimum atomic E-state index is -0.454. The van der Waals surface area contributed by atoms with Crippen LogP contribution in [0, 0.1) is 11.8 Å². The van der Waals surface area contributed by atoms with Crippen LogP contribution in [0.3, 0.4) is 0 Å². The van der Waals surface area contributed by atoms with Crippen LogP contribution in [-0.2, 0) is 6.42 Å². The summed E-state index contributed by atoms with van der Waals surface area (Å²) >= 11 is 0. The number of likely N-dealkylation sites (tertiary alicyclic amines) is 1. The van der Waals surface area contributed by atoms with Gasteiger partial charge in [0.25, 0.3) is 5.56 Å². The second-order valence-electron chi connectivity index (χ2n) is 8.71. The topological polar surface area (TPSA) is 75.4 Å². The normalized spacial score (nSPS) is 20.6. The van der Waals surface area contributed by atoms with Gasteiger partial charge in [0, 0.05) is 31.0 Å². The van der Waals surface area contributed by atoms with Crippen molar-refractivity contribution in [2.75, 3.05) is 13.1 Å². The molecule has 29 heavy (non-hydrogen) atoms. The van der Waals surface area contributed by atoms with Crippen molar-refractivity contribution in [1.82, 2.24) is 24.1 Å². The van der Waals surface area contributed by atoms with Crippen LogP contribution in [0.25, 0.3) is 11.2 Å². The molecule has 0 saturated carbocycles. The lowest BCUT2D eigenvalue weighted by Crippen LogP contribution is -2.43. The van der Waals surface area contributed by atoms with Crippen LogP contribution in [-0.4, -0.2) is 43.2 Å². The molecule has 0 radical (unpaired) electrons. The van der Waals surface area contributed by atoms with E-state index in [9.17, 15) is 9.59 Å². The summed E-state index contributed by atoms with van der Waals surface area (Å²) in [6.45, 7) is 9.25. The largest absolute Gasteiger partial charge is 0.333 e. The zero-order valence-corrected chi connectivity index (χ0v) is 17.3. The second-order valence-corrected chi connectivity index (χ2v) is 8.71. The summed E-state index contributed by atoms with van der Waals surface area (Å²) in [6.07, 6.45) is 8.56. The molecular formula is C22H29N5O2. The smallest absolute Gasteiger partial charge is 0.300 e. The zero-order chi connectivity index (χ0) is 20.5. The van der Waals surface area contributed by atoms with Gasteiger partial charge < -0.3 is 4.90 Å². The van der Waals surface area contributed by atoms with Gasteiger partial charge in [0.05, 0.1) is 17.4 Å². The molecule has 2 atom stereocenters. The molecule has 0 unspecified atom stereocenters. The first-order valence-electron chi connectivity index (χ1n) is 10.4. The Morgan fingerprint density at radius 1 is 1.24 bits per heavy atom. The van der Waals surface area contributed by atoms with E-state index in [1.165, 1.54) is 41.8 Å². The number of hydrogen-bond donors (Lipinski definition) is 1. The van der Waals surface area contributed by atoms with Crippen molar-refractivity contribution in [3.8, 4) is 5.69 Å². The number of nitrogens with one attached hydrogen (secondary N) is 1. The first kappa shape index (κ1) is 19.6. The predicted molar refractivity (Wildman–Crippen MR) is 114 cm³/mol. The van der Waals surface area contributed by atoms with Crippen LogP contribution in [0.4, 0.5) is 0 Å². The predicted octanol–water partition coefficient (Wildman–Crippen LogP) is 2.47. The first-order valence-corrected chi connectivity index (χ1v) is 10.4. The van der Waals surface area contributed by atoms with E-state index >= 15 is 0 Å². The maximum Gasteiger partial charge on any atom is 0.333 e. The van der Waals surface area contributed by atoms with Crippen LogP contribution in [0.2, 0.25) is 0 Å². The summed E-state index contributed by atoms with van der Waals surface area (Å²) in [6, 6.07) is 6.20. The Hall–Kier alpha value is -2.67. The van der Waals surface area contributed by atoms with Gasteiger partial charge in [-0.3, -0.25) is 14.3 Å². The molecule has 154 valence electrons. The highest BCUT2D eigenvalue weighted by Crippen LogP contribution is 2.27. The highest BCUT2D eigenvalue weighted by Gasteiger charge is 2.26. The molecule has 0 aromatic carbocycles. The van der Waals surface area contributed by atoms with Crippen LogP contribution in [0.5, 0.6) is 0 Å². The maximum atomic E-state index is 12.2.